The van der Waals surface area contributed by atoms with Crippen LogP contribution >= 0.6 is 11.8 Å². The SMILES string of the molecule is CSc1nc(-c2ccc(C)cc2)c(-c2ccnc(N)n2)n1COCC[Si](C)(C)C. The van der Waals surface area contributed by atoms with E-state index in [-0.39, 0.29) is 5.95 Å². The standard InChI is InChI=1S/C21H29N5OSSi/c1-15-6-8-16(9-7-15)18-19(17-10-11-23-20(22)24-17)26(21(25-18)28-2)14-27-12-13-29(3,4)5/h6-11H,12-14H2,1-5H3,(H2,22,23,24). The van der Waals surface area contributed by atoms with Crippen LogP contribution in [0.4, 0.5) is 5.95 Å². The summed E-state index contributed by atoms with van der Waals surface area (Å²) >= 11 is 1.60. The molecule has 154 valence electrons. The smallest absolute Gasteiger partial charge is 0.220 e. The number of hydrogen-bond acceptors (Lipinski definition) is 6. The topological polar surface area (TPSA) is 78.9 Å². The first kappa shape index (κ1) is 21.5. The lowest BCUT2D eigenvalue weighted by Gasteiger charge is -2.17. The van der Waals surface area contributed by atoms with Crippen LogP contribution in [0.1, 0.15) is 5.56 Å². The first-order valence-electron chi connectivity index (χ1n) is 9.67. The third-order valence-electron chi connectivity index (χ3n) is 4.57. The molecule has 0 unspecified atom stereocenters. The predicted octanol–water partition coefficient (Wildman–Crippen LogP) is 4.93. The number of imidazole rings is 1. The van der Waals surface area contributed by atoms with Crippen LogP contribution in [0, 0.1) is 6.92 Å². The summed E-state index contributed by atoms with van der Waals surface area (Å²) < 4.78 is 8.16. The van der Waals surface area contributed by atoms with Crippen LogP contribution in [0.2, 0.25) is 25.7 Å². The molecule has 8 heteroatoms. The second-order valence-electron chi connectivity index (χ2n) is 8.24. The van der Waals surface area contributed by atoms with Gasteiger partial charge in [-0.05, 0) is 25.3 Å². The quantitative estimate of drug-likeness (QED) is 0.312. The van der Waals surface area contributed by atoms with Crippen molar-refractivity contribution >= 4 is 25.8 Å². The minimum atomic E-state index is -1.15. The van der Waals surface area contributed by atoms with Crippen LogP contribution in [0.25, 0.3) is 22.6 Å². The fourth-order valence-electron chi connectivity index (χ4n) is 2.92. The van der Waals surface area contributed by atoms with Crippen molar-refractivity contribution in [2.45, 2.75) is 44.5 Å². The molecule has 0 spiro atoms. The number of aryl methyl sites for hydroxylation is 1. The summed E-state index contributed by atoms with van der Waals surface area (Å²) in [5, 5.41) is 0.890. The summed E-state index contributed by atoms with van der Waals surface area (Å²) in [5.74, 6) is 0.246. The number of benzene rings is 1. The van der Waals surface area contributed by atoms with Crippen LogP contribution in [0.3, 0.4) is 0 Å². The summed E-state index contributed by atoms with van der Waals surface area (Å²) in [6.07, 6.45) is 3.71. The van der Waals surface area contributed by atoms with Gasteiger partial charge in [0.05, 0.1) is 17.1 Å². The third kappa shape index (κ3) is 5.46. The number of ether oxygens (including phenoxy) is 1. The molecule has 2 heterocycles. The Hall–Kier alpha value is -2.16. The number of rotatable bonds is 8. The number of hydrogen-bond donors (Lipinski definition) is 1. The van der Waals surface area contributed by atoms with E-state index in [1.807, 2.05) is 12.3 Å². The lowest BCUT2D eigenvalue weighted by atomic mass is 10.1. The van der Waals surface area contributed by atoms with Crippen molar-refractivity contribution in [3.8, 4) is 22.6 Å². The second-order valence-corrected chi connectivity index (χ2v) is 14.6. The van der Waals surface area contributed by atoms with Gasteiger partial charge in [-0.1, -0.05) is 61.2 Å². The molecule has 2 aromatic heterocycles. The molecule has 0 aliphatic carbocycles. The van der Waals surface area contributed by atoms with Crippen molar-refractivity contribution in [3.05, 3.63) is 42.1 Å². The van der Waals surface area contributed by atoms with Crippen molar-refractivity contribution in [3.63, 3.8) is 0 Å². The van der Waals surface area contributed by atoms with Gasteiger partial charge in [0, 0.05) is 26.4 Å². The highest BCUT2D eigenvalue weighted by molar-refractivity contribution is 7.98. The zero-order chi connectivity index (χ0) is 21.0. The highest BCUT2D eigenvalue weighted by atomic mass is 32.2. The number of anilines is 1. The molecule has 0 aliphatic rings. The number of thioether (sulfide) groups is 1. The zero-order valence-electron chi connectivity index (χ0n) is 17.8. The summed E-state index contributed by atoms with van der Waals surface area (Å²) in [6.45, 7) is 10.3. The van der Waals surface area contributed by atoms with E-state index < -0.39 is 8.07 Å². The van der Waals surface area contributed by atoms with Gasteiger partial charge in [-0.25, -0.2) is 15.0 Å². The van der Waals surface area contributed by atoms with Crippen LogP contribution in [-0.4, -0.2) is 40.5 Å². The summed E-state index contributed by atoms with van der Waals surface area (Å²) in [4.78, 5) is 13.4. The Labute approximate surface area is 178 Å². The molecule has 29 heavy (non-hydrogen) atoms. The number of aromatic nitrogens is 4. The average Bonchev–Trinajstić information content (AvgIpc) is 3.03. The monoisotopic (exact) mass is 427 g/mol. The van der Waals surface area contributed by atoms with Crippen molar-refractivity contribution in [1.82, 2.24) is 19.5 Å². The van der Waals surface area contributed by atoms with E-state index in [9.17, 15) is 0 Å². The molecule has 3 rings (SSSR count). The Morgan fingerprint density at radius 3 is 2.45 bits per heavy atom. The highest BCUT2D eigenvalue weighted by Gasteiger charge is 2.21. The van der Waals surface area contributed by atoms with E-state index in [0.29, 0.717) is 6.73 Å². The molecule has 0 bridgehead atoms. The van der Waals surface area contributed by atoms with Gasteiger partial charge in [-0.3, -0.25) is 4.57 Å². The third-order valence-corrected chi connectivity index (χ3v) is 6.95. The first-order valence-corrected chi connectivity index (χ1v) is 14.6. The first-order chi connectivity index (χ1) is 13.8. The van der Waals surface area contributed by atoms with E-state index in [0.717, 1.165) is 40.5 Å². The number of nitrogen functional groups attached to an aromatic ring is 1. The Morgan fingerprint density at radius 2 is 1.83 bits per heavy atom. The van der Waals surface area contributed by atoms with Crippen molar-refractivity contribution in [2.24, 2.45) is 0 Å². The number of nitrogens with zero attached hydrogens (tertiary/aromatic N) is 4. The zero-order valence-corrected chi connectivity index (χ0v) is 19.6. The normalized spacial score (nSPS) is 11.8. The van der Waals surface area contributed by atoms with Gasteiger partial charge in [-0.15, -0.1) is 0 Å². The molecule has 0 saturated heterocycles. The molecular formula is C21H29N5OSSi. The van der Waals surface area contributed by atoms with Gasteiger partial charge in [0.25, 0.3) is 0 Å². The summed E-state index contributed by atoms with van der Waals surface area (Å²) in [7, 11) is -1.15. The molecule has 3 aromatic rings. The van der Waals surface area contributed by atoms with E-state index in [1.165, 1.54) is 5.56 Å². The highest BCUT2D eigenvalue weighted by Crippen LogP contribution is 2.35. The molecule has 2 N–H and O–H groups in total. The van der Waals surface area contributed by atoms with Crippen LogP contribution in [0.5, 0.6) is 0 Å². The van der Waals surface area contributed by atoms with Gasteiger partial charge in [0.1, 0.15) is 6.73 Å². The van der Waals surface area contributed by atoms with E-state index in [4.69, 9.17) is 15.5 Å². The fourth-order valence-corrected chi connectivity index (χ4v) is 4.22. The van der Waals surface area contributed by atoms with Gasteiger partial charge in [0.15, 0.2) is 5.16 Å². The number of nitrogens with two attached hydrogens (primary N) is 1. The van der Waals surface area contributed by atoms with E-state index >= 15 is 0 Å². The average molecular weight is 428 g/mol. The van der Waals surface area contributed by atoms with Crippen molar-refractivity contribution in [2.75, 3.05) is 18.6 Å². The lowest BCUT2D eigenvalue weighted by molar-refractivity contribution is 0.0825. The molecule has 0 aliphatic heterocycles. The maximum atomic E-state index is 6.07. The molecule has 0 fully saturated rings. The van der Waals surface area contributed by atoms with Crippen molar-refractivity contribution < 1.29 is 4.74 Å². The Morgan fingerprint density at radius 1 is 1.10 bits per heavy atom. The maximum Gasteiger partial charge on any atom is 0.220 e. The van der Waals surface area contributed by atoms with Gasteiger partial charge < -0.3 is 10.5 Å². The Bertz CT molecular complexity index is 966. The minimum Gasteiger partial charge on any atom is -0.368 e. The van der Waals surface area contributed by atoms with Crippen LogP contribution in [0.15, 0.2) is 41.7 Å². The molecule has 6 nitrogen and oxygen atoms in total. The lowest BCUT2D eigenvalue weighted by Crippen LogP contribution is -2.22. The molecular weight excluding hydrogens is 398 g/mol. The van der Waals surface area contributed by atoms with Gasteiger partial charge in [0.2, 0.25) is 5.95 Å². The van der Waals surface area contributed by atoms with E-state index in [2.05, 4.69) is 65.4 Å². The minimum absolute atomic E-state index is 0.246. The molecule has 1 aromatic carbocycles. The fraction of sp³-hybridized carbons (Fsp3) is 0.381. The summed E-state index contributed by atoms with van der Waals surface area (Å²) in [5.41, 5.74) is 10.7. The largest absolute Gasteiger partial charge is 0.368 e. The maximum absolute atomic E-state index is 6.07. The molecule has 0 amide bonds. The Balaban J connectivity index is 2.04. The van der Waals surface area contributed by atoms with E-state index in [1.54, 1.807) is 18.0 Å². The second kappa shape index (κ2) is 9.11. The van der Waals surface area contributed by atoms with Crippen molar-refractivity contribution in [1.29, 1.82) is 0 Å². The molecule has 0 atom stereocenters. The van der Waals surface area contributed by atoms with Crippen LogP contribution in [-0.2, 0) is 11.5 Å². The molecule has 0 radical (unpaired) electrons. The summed E-state index contributed by atoms with van der Waals surface area (Å²) in [6, 6.07) is 11.4. The van der Waals surface area contributed by atoms with Gasteiger partial charge >= 0.3 is 0 Å². The molecule has 0 saturated carbocycles. The van der Waals surface area contributed by atoms with Gasteiger partial charge in [-0.2, -0.15) is 0 Å². The van der Waals surface area contributed by atoms with Crippen LogP contribution < -0.4 is 5.73 Å². The predicted molar refractivity (Wildman–Crippen MR) is 124 cm³/mol. The Kier molecular flexibility index (Phi) is 6.76.